The smallest absolute Gasteiger partial charge is 0.253 e. The predicted molar refractivity (Wildman–Crippen MR) is 99.0 cm³/mol. The second-order valence-corrected chi connectivity index (χ2v) is 6.82. The summed E-state index contributed by atoms with van der Waals surface area (Å²) in [6, 6.07) is 11.9. The maximum atomic E-state index is 12.8. The fourth-order valence-corrected chi connectivity index (χ4v) is 3.82. The normalized spacial score (nSPS) is 15.5. The molecule has 1 saturated heterocycles. The Balaban J connectivity index is 1.42. The van der Waals surface area contributed by atoms with Crippen molar-refractivity contribution < 1.29 is 4.79 Å². The largest absolute Gasteiger partial charge is 0.357 e. The van der Waals surface area contributed by atoms with E-state index < -0.39 is 0 Å². The zero-order valence-corrected chi connectivity index (χ0v) is 14.8. The molecule has 128 valence electrons. The van der Waals surface area contributed by atoms with Gasteiger partial charge in [-0.3, -0.25) is 4.79 Å². The quantitative estimate of drug-likeness (QED) is 0.724. The number of aromatic nitrogens is 3. The van der Waals surface area contributed by atoms with Crippen molar-refractivity contribution in [3.05, 3.63) is 48.2 Å². The van der Waals surface area contributed by atoms with Gasteiger partial charge >= 0.3 is 0 Å². The zero-order chi connectivity index (χ0) is 17.2. The third-order valence-corrected chi connectivity index (χ3v) is 5.37. The number of benzene rings is 1. The number of piperidine rings is 1. The summed E-state index contributed by atoms with van der Waals surface area (Å²) in [7, 11) is 2.08. The lowest BCUT2D eigenvalue weighted by atomic mass is 10.0. The molecule has 7 heteroatoms. The lowest BCUT2D eigenvalue weighted by Gasteiger charge is -2.37. The van der Waals surface area contributed by atoms with E-state index in [4.69, 9.17) is 0 Å². The van der Waals surface area contributed by atoms with Gasteiger partial charge in [-0.15, -0.1) is 0 Å². The molecule has 0 spiro atoms. The van der Waals surface area contributed by atoms with E-state index in [1.807, 2.05) is 47.5 Å². The van der Waals surface area contributed by atoms with Crippen molar-refractivity contribution in [1.29, 1.82) is 0 Å². The van der Waals surface area contributed by atoms with Crippen LogP contribution in [0.3, 0.4) is 0 Å². The van der Waals surface area contributed by atoms with Gasteiger partial charge < -0.3 is 9.80 Å². The number of amides is 1. The first-order valence-electron chi connectivity index (χ1n) is 8.38. The van der Waals surface area contributed by atoms with Gasteiger partial charge in [0.1, 0.15) is 16.9 Å². The van der Waals surface area contributed by atoms with Gasteiger partial charge in [0.2, 0.25) is 0 Å². The Morgan fingerprint density at radius 3 is 2.72 bits per heavy atom. The van der Waals surface area contributed by atoms with Crippen molar-refractivity contribution >= 4 is 34.5 Å². The van der Waals surface area contributed by atoms with Crippen molar-refractivity contribution in [3.8, 4) is 0 Å². The molecule has 0 bridgehead atoms. The molecule has 4 rings (SSSR count). The minimum Gasteiger partial charge on any atom is -0.357 e. The number of anilines is 1. The van der Waals surface area contributed by atoms with E-state index in [0.29, 0.717) is 11.6 Å². The highest BCUT2D eigenvalue weighted by Gasteiger charge is 2.26. The Kier molecular flexibility index (Phi) is 4.31. The van der Waals surface area contributed by atoms with Gasteiger partial charge in [0.05, 0.1) is 11.7 Å². The number of hydrogen-bond donors (Lipinski definition) is 0. The van der Waals surface area contributed by atoms with Crippen LogP contribution in [0.4, 0.5) is 5.82 Å². The van der Waals surface area contributed by atoms with Crippen LogP contribution in [-0.4, -0.2) is 50.7 Å². The lowest BCUT2D eigenvalue weighted by Crippen LogP contribution is -2.45. The molecule has 1 aliphatic rings. The molecule has 3 aromatic rings. The summed E-state index contributed by atoms with van der Waals surface area (Å²) in [5.74, 6) is 1.06. The maximum absolute atomic E-state index is 12.8. The van der Waals surface area contributed by atoms with Gasteiger partial charge in [0.25, 0.3) is 5.91 Å². The summed E-state index contributed by atoms with van der Waals surface area (Å²) in [4.78, 5) is 21.3. The van der Waals surface area contributed by atoms with Crippen LogP contribution >= 0.6 is 11.7 Å². The molecule has 1 amide bonds. The van der Waals surface area contributed by atoms with Crippen molar-refractivity contribution in [3.63, 3.8) is 0 Å². The van der Waals surface area contributed by atoms with E-state index >= 15 is 0 Å². The molecule has 25 heavy (non-hydrogen) atoms. The monoisotopic (exact) mass is 353 g/mol. The molecule has 6 nitrogen and oxygen atoms in total. The molecule has 0 atom stereocenters. The summed E-state index contributed by atoms with van der Waals surface area (Å²) >= 11 is 1.17. The average molecular weight is 353 g/mol. The first kappa shape index (κ1) is 16.0. The van der Waals surface area contributed by atoms with Crippen LogP contribution in [-0.2, 0) is 0 Å². The number of carbonyl (C=O) groups is 1. The van der Waals surface area contributed by atoms with Crippen molar-refractivity contribution in [2.45, 2.75) is 18.9 Å². The van der Waals surface area contributed by atoms with Crippen LogP contribution in [0.1, 0.15) is 23.2 Å². The minimum atomic E-state index is 0.0776. The third kappa shape index (κ3) is 3.19. The molecule has 0 N–H and O–H groups in total. The highest BCUT2D eigenvalue weighted by molar-refractivity contribution is 7.00. The summed E-state index contributed by atoms with van der Waals surface area (Å²) < 4.78 is 8.41. The van der Waals surface area contributed by atoms with E-state index in [-0.39, 0.29) is 5.91 Å². The van der Waals surface area contributed by atoms with Crippen LogP contribution in [0, 0.1) is 0 Å². The Hall–Kier alpha value is -2.54. The topological polar surface area (TPSA) is 62.2 Å². The van der Waals surface area contributed by atoms with Crippen molar-refractivity contribution in [2.24, 2.45) is 0 Å². The van der Waals surface area contributed by atoms with Gasteiger partial charge in [-0.2, -0.15) is 8.75 Å². The molecule has 2 aromatic heterocycles. The Bertz CT molecular complexity index is 873. The maximum Gasteiger partial charge on any atom is 0.253 e. The fourth-order valence-electron chi connectivity index (χ4n) is 3.30. The van der Waals surface area contributed by atoms with Gasteiger partial charge in [0.15, 0.2) is 0 Å². The standard InChI is InChI=1S/C18H19N5OS/c1-22(17-4-2-3-9-19-17)14-7-10-23(11-8-14)18(24)13-5-6-15-16(12-13)21-25-20-15/h2-6,9,12,14H,7-8,10-11H2,1H3. The van der Waals surface area contributed by atoms with E-state index in [9.17, 15) is 4.79 Å². The van der Waals surface area contributed by atoms with E-state index in [1.165, 1.54) is 11.7 Å². The minimum absolute atomic E-state index is 0.0776. The molecule has 1 aromatic carbocycles. The molecule has 0 radical (unpaired) electrons. The summed E-state index contributed by atoms with van der Waals surface area (Å²) in [5, 5.41) is 0. The molecule has 1 aliphatic heterocycles. The predicted octanol–water partition coefficient (Wildman–Crippen LogP) is 2.83. The molecular weight excluding hydrogens is 334 g/mol. The van der Waals surface area contributed by atoms with Crippen LogP contribution in [0.2, 0.25) is 0 Å². The number of pyridine rings is 1. The first-order valence-corrected chi connectivity index (χ1v) is 9.11. The molecule has 1 fully saturated rings. The molecule has 0 unspecified atom stereocenters. The molecule has 3 heterocycles. The van der Waals surface area contributed by atoms with Crippen molar-refractivity contribution in [2.75, 3.05) is 25.0 Å². The highest BCUT2D eigenvalue weighted by Crippen LogP contribution is 2.22. The molecule has 0 saturated carbocycles. The SMILES string of the molecule is CN(c1ccccn1)C1CCN(C(=O)c2ccc3nsnc3c2)CC1. The van der Waals surface area contributed by atoms with Gasteiger partial charge in [-0.1, -0.05) is 6.07 Å². The molecule has 0 aliphatic carbocycles. The van der Waals surface area contributed by atoms with E-state index in [0.717, 1.165) is 42.8 Å². The molecular formula is C18H19N5OS. The second-order valence-electron chi connectivity index (χ2n) is 6.29. The Morgan fingerprint density at radius 2 is 1.96 bits per heavy atom. The van der Waals surface area contributed by atoms with Crippen LogP contribution in [0.5, 0.6) is 0 Å². The van der Waals surface area contributed by atoms with Crippen molar-refractivity contribution in [1.82, 2.24) is 18.6 Å². The van der Waals surface area contributed by atoms with Gasteiger partial charge in [0, 0.05) is 37.9 Å². The lowest BCUT2D eigenvalue weighted by molar-refractivity contribution is 0.0713. The van der Waals surface area contributed by atoms with Crippen LogP contribution < -0.4 is 4.90 Å². The summed E-state index contributed by atoms with van der Waals surface area (Å²) in [6.07, 6.45) is 3.70. The van der Waals surface area contributed by atoms with E-state index in [2.05, 4.69) is 25.7 Å². The number of hydrogen-bond acceptors (Lipinski definition) is 6. The first-order chi connectivity index (χ1) is 12.2. The highest BCUT2D eigenvalue weighted by atomic mass is 32.1. The fraction of sp³-hybridized carbons (Fsp3) is 0.333. The summed E-state index contributed by atoms with van der Waals surface area (Å²) in [5.41, 5.74) is 2.33. The number of nitrogens with zero attached hydrogens (tertiary/aromatic N) is 5. The van der Waals surface area contributed by atoms with Crippen LogP contribution in [0.25, 0.3) is 11.0 Å². The average Bonchev–Trinajstić information content (AvgIpc) is 3.15. The second kappa shape index (κ2) is 6.76. The zero-order valence-electron chi connectivity index (χ0n) is 14.0. The Morgan fingerprint density at radius 1 is 1.16 bits per heavy atom. The number of fused-ring (bicyclic) bond motifs is 1. The number of carbonyl (C=O) groups excluding carboxylic acids is 1. The number of likely N-dealkylation sites (tertiary alicyclic amines) is 1. The van der Waals surface area contributed by atoms with Crippen LogP contribution in [0.15, 0.2) is 42.6 Å². The van der Waals surface area contributed by atoms with Gasteiger partial charge in [-0.05, 0) is 43.2 Å². The Labute approximate surface area is 150 Å². The number of rotatable bonds is 3. The van der Waals surface area contributed by atoms with E-state index in [1.54, 1.807) is 0 Å². The summed E-state index contributed by atoms with van der Waals surface area (Å²) in [6.45, 7) is 1.52. The van der Waals surface area contributed by atoms with Gasteiger partial charge in [-0.25, -0.2) is 4.98 Å². The third-order valence-electron chi connectivity index (χ3n) is 4.81.